The fourth-order valence-electron chi connectivity index (χ4n) is 2.34. The minimum Gasteiger partial charge on any atom is -0.456 e. The van der Waals surface area contributed by atoms with E-state index >= 15 is 0 Å². The Hall–Kier alpha value is -3.67. The first kappa shape index (κ1) is 24.6. The van der Waals surface area contributed by atoms with Crippen molar-refractivity contribution in [2.45, 2.75) is 19.0 Å². The van der Waals surface area contributed by atoms with Crippen LogP contribution >= 0.6 is 11.6 Å². The standard InChI is InChI=1S/C19H15ClF3N3O6/c20-14-5-4-11(19(21,22)23)8-15(14)25-16(27)6-7-18(29)32-10-17(28)24-12-2-1-3-13(9-12)26(30)31/h1-5,8-9H,6-7,10H2,(H,24,28)(H,25,27). The Morgan fingerprint density at radius 3 is 2.41 bits per heavy atom. The quantitative estimate of drug-likeness (QED) is 0.336. The molecule has 0 saturated carbocycles. The monoisotopic (exact) mass is 473 g/mol. The lowest BCUT2D eigenvalue weighted by molar-refractivity contribution is -0.384. The normalized spacial score (nSPS) is 10.9. The summed E-state index contributed by atoms with van der Waals surface area (Å²) in [5, 5.41) is 15.1. The second-order valence-electron chi connectivity index (χ2n) is 6.26. The number of nitrogens with zero attached hydrogens (tertiary/aromatic N) is 1. The predicted octanol–water partition coefficient (Wildman–Crippen LogP) is 4.17. The van der Waals surface area contributed by atoms with Gasteiger partial charge in [0, 0.05) is 24.2 Å². The van der Waals surface area contributed by atoms with Crippen molar-refractivity contribution in [3.63, 3.8) is 0 Å². The molecule has 2 amide bonds. The second kappa shape index (κ2) is 10.6. The first-order valence-corrected chi connectivity index (χ1v) is 9.20. The Morgan fingerprint density at radius 1 is 1.03 bits per heavy atom. The Morgan fingerprint density at radius 2 is 1.75 bits per heavy atom. The van der Waals surface area contributed by atoms with E-state index in [1.807, 2.05) is 0 Å². The number of anilines is 2. The number of nitro benzene ring substituents is 1. The number of hydrogen-bond donors (Lipinski definition) is 2. The van der Waals surface area contributed by atoms with Gasteiger partial charge in [-0.3, -0.25) is 24.5 Å². The van der Waals surface area contributed by atoms with Crippen molar-refractivity contribution in [1.29, 1.82) is 0 Å². The molecule has 2 aromatic carbocycles. The molecule has 0 fully saturated rings. The van der Waals surface area contributed by atoms with Gasteiger partial charge in [0.15, 0.2) is 6.61 Å². The molecular formula is C19H15ClF3N3O6. The van der Waals surface area contributed by atoms with Gasteiger partial charge in [-0.2, -0.15) is 13.2 Å². The van der Waals surface area contributed by atoms with Crippen LogP contribution in [0.3, 0.4) is 0 Å². The molecule has 2 N–H and O–H groups in total. The molecule has 0 radical (unpaired) electrons. The van der Waals surface area contributed by atoms with Crippen molar-refractivity contribution < 1.29 is 37.2 Å². The molecule has 0 spiro atoms. The number of ether oxygens (including phenoxy) is 1. The number of rotatable bonds is 8. The van der Waals surface area contributed by atoms with Crippen LogP contribution in [0.1, 0.15) is 18.4 Å². The van der Waals surface area contributed by atoms with Crippen molar-refractivity contribution in [3.8, 4) is 0 Å². The van der Waals surface area contributed by atoms with Gasteiger partial charge in [-0.05, 0) is 24.3 Å². The highest BCUT2D eigenvalue weighted by atomic mass is 35.5. The molecule has 0 saturated heterocycles. The van der Waals surface area contributed by atoms with Crippen molar-refractivity contribution in [1.82, 2.24) is 0 Å². The summed E-state index contributed by atoms with van der Waals surface area (Å²) in [5.41, 5.74) is -1.40. The second-order valence-corrected chi connectivity index (χ2v) is 6.66. The van der Waals surface area contributed by atoms with Gasteiger partial charge in [0.25, 0.3) is 11.6 Å². The van der Waals surface area contributed by atoms with E-state index in [4.69, 9.17) is 16.3 Å². The van der Waals surface area contributed by atoms with Crippen LogP contribution in [0.4, 0.5) is 30.2 Å². The summed E-state index contributed by atoms with van der Waals surface area (Å²) < 4.78 is 43.0. The molecule has 0 aliphatic carbocycles. The first-order valence-electron chi connectivity index (χ1n) is 8.82. The molecule has 0 atom stereocenters. The van der Waals surface area contributed by atoms with Crippen molar-refractivity contribution >= 4 is 46.4 Å². The van der Waals surface area contributed by atoms with Gasteiger partial charge in [-0.25, -0.2) is 0 Å². The lowest BCUT2D eigenvalue weighted by Crippen LogP contribution is -2.22. The van der Waals surface area contributed by atoms with Crippen LogP contribution in [0.2, 0.25) is 5.02 Å². The maximum atomic E-state index is 12.8. The molecule has 0 unspecified atom stereocenters. The number of benzene rings is 2. The molecule has 0 heterocycles. The average Bonchev–Trinajstić information content (AvgIpc) is 2.71. The Labute approximate surface area is 183 Å². The Bertz CT molecular complexity index is 1050. The van der Waals surface area contributed by atoms with E-state index in [-0.39, 0.29) is 22.1 Å². The summed E-state index contributed by atoms with van der Waals surface area (Å²) in [7, 11) is 0. The first-order chi connectivity index (χ1) is 15.0. The van der Waals surface area contributed by atoms with E-state index in [2.05, 4.69) is 10.6 Å². The third-order valence-corrected chi connectivity index (χ3v) is 4.16. The van der Waals surface area contributed by atoms with Crippen molar-refractivity contribution in [3.05, 3.63) is 63.2 Å². The number of non-ortho nitro benzene ring substituents is 1. The van der Waals surface area contributed by atoms with Crippen LogP contribution in [0.25, 0.3) is 0 Å². The van der Waals surface area contributed by atoms with Gasteiger partial charge in [-0.15, -0.1) is 0 Å². The summed E-state index contributed by atoms with van der Waals surface area (Å²) in [6.45, 7) is -0.706. The summed E-state index contributed by atoms with van der Waals surface area (Å²) in [5.74, 6) is -2.47. The highest BCUT2D eigenvalue weighted by molar-refractivity contribution is 6.33. The molecule has 0 aromatic heterocycles. The number of carbonyl (C=O) groups is 3. The topological polar surface area (TPSA) is 128 Å². The number of amides is 2. The summed E-state index contributed by atoms with van der Waals surface area (Å²) in [4.78, 5) is 45.5. The van der Waals surface area contributed by atoms with Gasteiger partial charge in [-0.1, -0.05) is 17.7 Å². The molecule has 170 valence electrons. The zero-order chi connectivity index (χ0) is 23.9. The minimum atomic E-state index is -4.63. The number of nitrogens with one attached hydrogen (secondary N) is 2. The molecule has 0 aliphatic rings. The maximum Gasteiger partial charge on any atom is 0.416 e. The largest absolute Gasteiger partial charge is 0.456 e. The number of hydrogen-bond acceptors (Lipinski definition) is 6. The van der Waals surface area contributed by atoms with Crippen LogP contribution < -0.4 is 10.6 Å². The molecule has 32 heavy (non-hydrogen) atoms. The third kappa shape index (κ3) is 7.54. The fourth-order valence-corrected chi connectivity index (χ4v) is 2.50. The fraction of sp³-hybridized carbons (Fsp3) is 0.211. The molecule has 0 bridgehead atoms. The Kier molecular flexibility index (Phi) is 8.13. The van der Waals surface area contributed by atoms with E-state index in [1.54, 1.807) is 0 Å². The van der Waals surface area contributed by atoms with Gasteiger partial charge in [0.1, 0.15) is 0 Å². The third-order valence-electron chi connectivity index (χ3n) is 3.83. The van der Waals surface area contributed by atoms with Crippen molar-refractivity contribution in [2.75, 3.05) is 17.2 Å². The molecule has 2 aromatic rings. The molecule has 0 aliphatic heterocycles. The summed E-state index contributed by atoms with van der Waals surface area (Å²) in [6, 6.07) is 7.50. The minimum absolute atomic E-state index is 0.119. The Balaban J connectivity index is 1.79. The SMILES string of the molecule is O=C(COC(=O)CCC(=O)Nc1cc(C(F)(F)F)ccc1Cl)Nc1cccc([N+](=O)[O-])c1. The van der Waals surface area contributed by atoms with Crippen LogP contribution in [0.5, 0.6) is 0 Å². The lowest BCUT2D eigenvalue weighted by Gasteiger charge is -2.11. The summed E-state index contributed by atoms with van der Waals surface area (Å²) in [6.07, 6.45) is -5.51. The van der Waals surface area contributed by atoms with Crippen LogP contribution in [-0.2, 0) is 25.3 Å². The molecule has 9 nitrogen and oxygen atoms in total. The summed E-state index contributed by atoms with van der Waals surface area (Å²) >= 11 is 5.78. The van der Waals surface area contributed by atoms with E-state index in [0.717, 1.165) is 18.2 Å². The highest BCUT2D eigenvalue weighted by Crippen LogP contribution is 2.33. The van der Waals surface area contributed by atoms with Crippen LogP contribution in [-0.4, -0.2) is 29.3 Å². The van der Waals surface area contributed by atoms with Crippen LogP contribution in [0.15, 0.2) is 42.5 Å². The molecule has 13 heteroatoms. The van der Waals surface area contributed by atoms with Gasteiger partial charge in [0.2, 0.25) is 5.91 Å². The average molecular weight is 474 g/mol. The smallest absolute Gasteiger partial charge is 0.416 e. The maximum absolute atomic E-state index is 12.8. The number of nitro groups is 1. The molecule has 2 rings (SSSR count). The number of esters is 1. The van der Waals surface area contributed by atoms with E-state index < -0.39 is 53.9 Å². The van der Waals surface area contributed by atoms with Gasteiger partial charge in [0.05, 0.1) is 27.6 Å². The van der Waals surface area contributed by atoms with Crippen LogP contribution in [0, 0.1) is 10.1 Å². The van der Waals surface area contributed by atoms with E-state index in [9.17, 15) is 37.7 Å². The van der Waals surface area contributed by atoms with Crippen molar-refractivity contribution in [2.24, 2.45) is 0 Å². The number of halogens is 4. The van der Waals surface area contributed by atoms with E-state index in [1.165, 1.54) is 18.2 Å². The van der Waals surface area contributed by atoms with Gasteiger partial charge < -0.3 is 15.4 Å². The van der Waals surface area contributed by atoms with Gasteiger partial charge >= 0.3 is 12.1 Å². The van der Waals surface area contributed by atoms with E-state index in [0.29, 0.717) is 6.07 Å². The number of alkyl halides is 3. The number of carbonyl (C=O) groups excluding carboxylic acids is 3. The zero-order valence-corrected chi connectivity index (χ0v) is 16.8. The molecular weight excluding hydrogens is 459 g/mol. The lowest BCUT2D eigenvalue weighted by atomic mass is 10.2. The zero-order valence-electron chi connectivity index (χ0n) is 16.1. The highest BCUT2D eigenvalue weighted by Gasteiger charge is 2.31. The predicted molar refractivity (Wildman–Crippen MR) is 107 cm³/mol.